The van der Waals surface area contributed by atoms with Gasteiger partial charge in [0.25, 0.3) is 0 Å². The molecule has 96 valence electrons. The Morgan fingerprint density at radius 2 is 1.94 bits per heavy atom. The van der Waals surface area contributed by atoms with E-state index in [2.05, 4.69) is 5.32 Å². The summed E-state index contributed by atoms with van der Waals surface area (Å²) in [6.45, 7) is 0.950. The lowest BCUT2D eigenvalue weighted by atomic mass is 10.2. The Balaban J connectivity index is 0.00000144. The largest absolute Gasteiger partial charge is 0.313 e. The fourth-order valence-corrected chi connectivity index (χ4v) is 3.81. The molecule has 5 heteroatoms. The third-order valence-corrected chi connectivity index (χ3v) is 4.53. The highest BCUT2D eigenvalue weighted by molar-refractivity contribution is 7.90. The van der Waals surface area contributed by atoms with Crippen LogP contribution in [0.15, 0.2) is 30.3 Å². The Morgan fingerprint density at radius 3 is 2.53 bits per heavy atom. The van der Waals surface area contributed by atoms with E-state index in [-0.39, 0.29) is 30.0 Å². The Hall–Kier alpha value is -0.580. The van der Waals surface area contributed by atoms with E-state index in [1.165, 1.54) is 0 Å². The summed E-state index contributed by atoms with van der Waals surface area (Å²) in [5.74, 6) is 0.425. The molecule has 3 nitrogen and oxygen atoms in total. The van der Waals surface area contributed by atoms with Crippen molar-refractivity contribution in [3.8, 4) is 0 Å². The summed E-state index contributed by atoms with van der Waals surface area (Å²) >= 11 is 0. The summed E-state index contributed by atoms with van der Waals surface area (Å²) in [6, 6.07) is 9.53. The van der Waals surface area contributed by atoms with Gasteiger partial charge in [-0.25, -0.2) is 8.42 Å². The number of benzene rings is 1. The summed E-state index contributed by atoms with van der Waals surface area (Å²) in [6.07, 6.45) is 2.07. The van der Waals surface area contributed by atoms with Gasteiger partial charge in [-0.2, -0.15) is 0 Å². The van der Waals surface area contributed by atoms with Crippen LogP contribution in [0.5, 0.6) is 0 Å². The maximum atomic E-state index is 11.9. The van der Waals surface area contributed by atoms with Crippen molar-refractivity contribution >= 4 is 22.2 Å². The van der Waals surface area contributed by atoms with Gasteiger partial charge in [0, 0.05) is 6.04 Å². The zero-order valence-electron chi connectivity index (χ0n) is 9.63. The van der Waals surface area contributed by atoms with Gasteiger partial charge in [-0.15, -0.1) is 12.4 Å². The third kappa shape index (κ3) is 4.66. The van der Waals surface area contributed by atoms with Crippen molar-refractivity contribution in [2.24, 2.45) is 0 Å². The maximum absolute atomic E-state index is 11.9. The molecule has 1 saturated heterocycles. The Morgan fingerprint density at radius 1 is 1.24 bits per heavy atom. The molecule has 17 heavy (non-hydrogen) atoms. The number of nitrogens with one attached hydrogen (secondary N) is 1. The van der Waals surface area contributed by atoms with E-state index in [0.717, 1.165) is 24.9 Å². The highest BCUT2D eigenvalue weighted by Crippen LogP contribution is 2.12. The fraction of sp³-hybridized carbons (Fsp3) is 0.500. The molecule has 0 spiro atoms. The van der Waals surface area contributed by atoms with Crippen molar-refractivity contribution < 1.29 is 8.42 Å². The van der Waals surface area contributed by atoms with E-state index in [0.29, 0.717) is 0 Å². The topological polar surface area (TPSA) is 46.2 Å². The molecule has 1 aliphatic rings. The monoisotopic (exact) mass is 275 g/mol. The zero-order chi connectivity index (χ0) is 11.4. The molecule has 0 bridgehead atoms. The van der Waals surface area contributed by atoms with Gasteiger partial charge in [-0.1, -0.05) is 30.3 Å². The molecule has 1 fully saturated rings. The molecule has 1 aromatic rings. The van der Waals surface area contributed by atoms with Gasteiger partial charge in [0.05, 0.1) is 11.5 Å². The number of hydrogen-bond donors (Lipinski definition) is 1. The second kappa shape index (κ2) is 6.38. The normalized spacial score (nSPS) is 19.9. The fourth-order valence-electron chi connectivity index (χ4n) is 2.09. The molecule has 0 saturated carbocycles. The van der Waals surface area contributed by atoms with Gasteiger partial charge < -0.3 is 5.32 Å². The third-order valence-electron chi connectivity index (χ3n) is 2.85. The van der Waals surface area contributed by atoms with Gasteiger partial charge in [0.15, 0.2) is 9.84 Å². The predicted molar refractivity (Wildman–Crippen MR) is 72.2 cm³/mol. The van der Waals surface area contributed by atoms with E-state index < -0.39 is 9.84 Å². The van der Waals surface area contributed by atoms with Crippen LogP contribution in [0.1, 0.15) is 18.4 Å². The average Bonchev–Trinajstić information content (AvgIpc) is 2.70. The van der Waals surface area contributed by atoms with Crippen molar-refractivity contribution in [3.05, 3.63) is 35.9 Å². The molecule has 1 atom stereocenters. The van der Waals surface area contributed by atoms with Crippen LogP contribution in [0.25, 0.3) is 0 Å². The first-order valence-electron chi connectivity index (χ1n) is 5.63. The molecule has 0 radical (unpaired) electrons. The smallest absolute Gasteiger partial charge is 0.155 e. The standard InChI is InChI=1S/C12H17NO2S.ClH/c14-16(15,10-12-7-4-8-13-12)9-11-5-2-1-3-6-11;/h1-3,5-6,12-13H,4,7-10H2;1H. The van der Waals surface area contributed by atoms with Crippen LogP contribution >= 0.6 is 12.4 Å². The van der Waals surface area contributed by atoms with E-state index in [9.17, 15) is 8.42 Å². The van der Waals surface area contributed by atoms with Crippen LogP contribution in [0, 0.1) is 0 Å². The van der Waals surface area contributed by atoms with Crippen LogP contribution in [0.2, 0.25) is 0 Å². The van der Waals surface area contributed by atoms with Gasteiger partial charge in [-0.05, 0) is 24.9 Å². The van der Waals surface area contributed by atoms with Crippen molar-refractivity contribution in [2.75, 3.05) is 12.3 Å². The number of hydrogen-bond acceptors (Lipinski definition) is 3. The lowest BCUT2D eigenvalue weighted by molar-refractivity contribution is 0.576. The summed E-state index contributed by atoms with van der Waals surface area (Å²) in [4.78, 5) is 0. The van der Waals surface area contributed by atoms with Crippen molar-refractivity contribution in [2.45, 2.75) is 24.6 Å². The van der Waals surface area contributed by atoms with Crippen LogP contribution in [-0.4, -0.2) is 26.8 Å². The first kappa shape index (κ1) is 14.5. The highest BCUT2D eigenvalue weighted by atomic mass is 35.5. The Kier molecular flexibility index (Phi) is 5.43. The number of halogens is 1. The lowest BCUT2D eigenvalue weighted by Gasteiger charge is -2.10. The molecule has 1 aliphatic heterocycles. The molecular formula is C12H18ClNO2S. The lowest BCUT2D eigenvalue weighted by Crippen LogP contribution is -2.30. The molecule has 2 rings (SSSR count). The average molecular weight is 276 g/mol. The van der Waals surface area contributed by atoms with Crippen LogP contribution in [0.3, 0.4) is 0 Å². The van der Waals surface area contributed by atoms with Crippen molar-refractivity contribution in [3.63, 3.8) is 0 Å². The molecule has 1 heterocycles. The summed E-state index contributed by atoms with van der Waals surface area (Å²) in [5, 5.41) is 3.22. The molecule has 0 aliphatic carbocycles. The maximum Gasteiger partial charge on any atom is 0.155 e. The summed E-state index contributed by atoms with van der Waals surface area (Å²) < 4.78 is 23.8. The first-order chi connectivity index (χ1) is 7.66. The summed E-state index contributed by atoms with van der Waals surface area (Å²) in [5.41, 5.74) is 0.875. The van der Waals surface area contributed by atoms with Gasteiger partial charge in [-0.3, -0.25) is 0 Å². The Labute approximate surface area is 109 Å². The summed E-state index contributed by atoms with van der Waals surface area (Å²) in [7, 11) is -2.98. The van der Waals surface area contributed by atoms with E-state index in [4.69, 9.17) is 0 Å². The number of rotatable bonds is 4. The highest BCUT2D eigenvalue weighted by Gasteiger charge is 2.22. The quantitative estimate of drug-likeness (QED) is 0.911. The second-order valence-corrected chi connectivity index (χ2v) is 6.44. The second-order valence-electron chi connectivity index (χ2n) is 4.33. The molecular weight excluding hydrogens is 258 g/mol. The minimum Gasteiger partial charge on any atom is -0.313 e. The molecule has 1 N–H and O–H groups in total. The van der Waals surface area contributed by atoms with Crippen molar-refractivity contribution in [1.82, 2.24) is 5.32 Å². The molecule has 0 aromatic heterocycles. The van der Waals surface area contributed by atoms with Gasteiger partial charge >= 0.3 is 0 Å². The SMILES string of the molecule is Cl.O=S(=O)(Cc1ccccc1)CC1CCCN1. The van der Waals surface area contributed by atoms with Crippen LogP contribution in [0.4, 0.5) is 0 Å². The first-order valence-corrected chi connectivity index (χ1v) is 7.46. The minimum atomic E-state index is -2.98. The van der Waals surface area contributed by atoms with E-state index in [1.807, 2.05) is 30.3 Å². The molecule has 0 amide bonds. The van der Waals surface area contributed by atoms with Crippen molar-refractivity contribution in [1.29, 1.82) is 0 Å². The van der Waals surface area contributed by atoms with Crippen LogP contribution < -0.4 is 5.32 Å². The predicted octanol–water partition coefficient (Wildman–Crippen LogP) is 1.78. The molecule has 1 aromatic carbocycles. The van der Waals surface area contributed by atoms with Crippen LogP contribution in [-0.2, 0) is 15.6 Å². The van der Waals surface area contributed by atoms with Gasteiger partial charge in [0.1, 0.15) is 0 Å². The van der Waals surface area contributed by atoms with E-state index >= 15 is 0 Å². The van der Waals surface area contributed by atoms with Gasteiger partial charge in [0.2, 0.25) is 0 Å². The number of sulfone groups is 1. The minimum absolute atomic E-state index is 0. The van der Waals surface area contributed by atoms with E-state index in [1.54, 1.807) is 0 Å². The Bertz CT molecular complexity index is 427. The zero-order valence-corrected chi connectivity index (χ0v) is 11.3. The molecule has 1 unspecified atom stereocenters.